The average Bonchev–Trinajstić information content (AvgIpc) is 2.15. The summed E-state index contributed by atoms with van der Waals surface area (Å²) in [7, 11) is 1.23. The van der Waals surface area contributed by atoms with E-state index in [1.165, 1.54) is 31.4 Å². The van der Waals surface area contributed by atoms with Gasteiger partial charge in [-0.05, 0) is 28.1 Å². The van der Waals surface area contributed by atoms with Gasteiger partial charge < -0.3 is 4.74 Å². The van der Waals surface area contributed by atoms with Crippen LogP contribution in [0.2, 0.25) is 0 Å². The molecule has 0 spiro atoms. The topological polar surface area (TPSA) is 26.3 Å². The van der Waals surface area contributed by atoms with Crippen molar-refractivity contribution in [2.24, 2.45) is 0 Å². The molecule has 1 rings (SSSR count). The van der Waals surface area contributed by atoms with E-state index in [0.717, 1.165) is 0 Å². The quantitative estimate of drug-likeness (QED) is 0.607. The predicted octanol–water partition coefficient (Wildman–Crippen LogP) is 2.92. The first-order chi connectivity index (χ1) is 6.45. The van der Waals surface area contributed by atoms with Gasteiger partial charge in [-0.15, -0.1) is 0 Å². The Hall–Kier alpha value is -0.970. The van der Waals surface area contributed by atoms with Crippen LogP contribution in [0.5, 0.6) is 0 Å². The zero-order valence-electron chi connectivity index (χ0n) is 7.26. The molecule has 0 aromatic heterocycles. The lowest BCUT2D eigenvalue weighted by Crippen LogP contribution is -2.05. The highest BCUT2D eigenvalue weighted by Crippen LogP contribution is 2.34. The zero-order valence-corrected chi connectivity index (χ0v) is 8.85. The minimum atomic E-state index is -3.07. The highest BCUT2D eigenvalue weighted by molar-refractivity contribution is 9.09. The summed E-state index contributed by atoms with van der Waals surface area (Å²) in [5.74, 6) is -0.547. The van der Waals surface area contributed by atoms with Crippen LogP contribution in [0.25, 0.3) is 0 Å². The van der Waals surface area contributed by atoms with Crippen LogP contribution < -0.4 is 0 Å². The first-order valence-electron chi connectivity index (χ1n) is 3.70. The fourth-order valence-corrected chi connectivity index (χ4v) is 1.18. The molecule has 2 nitrogen and oxygen atoms in total. The maximum Gasteiger partial charge on any atom is 0.337 e. The van der Waals surface area contributed by atoms with Gasteiger partial charge in [-0.1, -0.05) is 12.1 Å². The number of hydrogen-bond acceptors (Lipinski definition) is 2. The van der Waals surface area contributed by atoms with E-state index in [1.54, 1.807) is 0 Å². The van der Waals surface area contributed by atoms with Crippen molar-refractivity contribution >= 4 is 21.9 Å². The van der Waals surface area contributed by atoms with E-state index >= 15 is 0 Å². The van der Waals surface area contributed by atoms with Crippen molar-refractivity contribution in [3.05, 3.63) is 35.4 Å². The second kappa shape index (κ2) is 4.04. The van der Waals surface area contributed by atoms with Gasteiger partial charge in [-0.25, -0.2) is 4.79 Å². The Kier molecular flexibility index (Phi) is 3.21. The summed E-state index contributed by atoms with van der Waals surface area (Å²) in [6, 6.07) is 4.91. The molecule has 76 valence electrons. The minimum Gasteiger partial charge on any atom is -0.465 e. The number of rotatable bonds is 2. The third-order valence-corrected chi connectivity index (χ3v) is 2.09. The number of alkyl halides is 3. The molecule has 0 heterocycles. The fourth-order valence-electron chi connectivity index (χ4n) is 0.913. The SMILES string of the molecule is COC(=O)c1ccc(C(F)(F)Br)cc1. The van der Waals surface area contributed by atoms with Gasteiger partial charge in [-0.2, -0.15) is 8.78 Å². The number of benzene rings is 1. The molecule has 0 aliphatic heterocycles. The smallest absolute Gasteiger partial charge is 0.337 e. The van der Waals surface area contributed by atoms with Gasteiger partial charge in [0.2, 0.25) is 0 Å². The van der Waals surface area contributed by atoms with Crippen molar-refractivity contribution in [3.8, 4) is 0 Å². The van der Waals surface area contributed by atoms with Crippen LogP contribution in [0.4, 0.5) is 8.78 Å². The molecule has 0 radical (unpaired) electrons. The molecule has 0 unspecified atom stereocenters. The summed E-state index contributed by atoms with van der Waals surface area (Å²) >= 11 is 2.22. The summed E-state index contributed by atoms with van der Waals surface area (Å²) in [6.07, 6.45) is 0. The molecule has 0 saturated heterocycles. The first kappa shape index (κ1) is 11.1. The third kappa shape index (κ3) is 2.51. The monoisotopic (exact) mass is 264 g/mol. The van der Waals surface area contributed by atoms with Crippen LogP contribution in [0, 0.1) is 0 Å². The van der Waals surface area contributed by atoms with Crippen LogP contribution >= 0.6 is 15.9 Å². The van der Waals surface area contributed by atoms with Crippen molar-refractivity contribution in [2.75, 3.05) is 7.11 Å². The molecule has 0 bridgehead atoms. The van der Waals surface area contributed by atoms with E-state index < -0.39 is 10.8 Å². The molecule has 5 heteroatoms. The summed E-state index contributed by atoms with van der Waals surface area (Å²) < 4.78 is 29.8. The average molecular weight is 265 g/mol. The van der Waals surface area contributed by atoms with E-state index in [0.29, 0.717) is 0 Å². The normalized spacial score (nSPS) is 11.1. The Labute approximate surface area is 88.0 Å². The molecule has 0 fully saturated rings. The van der Waals surface area contributed by atoms with Crippen LogP contribution in [-0.4, -0.2) is 13.1 Å². The lowest BCUT2D eigenvalue weighted by atomic mass is 10.1. The van der Waals surface area contributed by atoms with Crippen molar-refractivity contribution in [1.29, 1.82) is 0 Å². The summed E-state index contributed by atoms with van der Waals surface area (Å²) in [5, 5.41) is 0. The second-order valence-electron chi connectivity index (χ2n) is 2.57. The van der Waals surface area contributed by atoms with Crippen LogP contribution in [0.15, 0.2) is 24.3 Å². The Bertz CT molecular complexity index is 330. The van der Waals surface area contributed by atoms with Crippen molar-refractivity contribution in [1.82, 2.24) is 0 Å². The van der Waals surface area contributed by atoms with Crippen LogP contribution in [-0.2, 0) is 9.57 Å². The maximum absolute atomic E-state index is 12.7. The molecular weight excluding hydrogens is 258 g/mol. The number of halogens is 3. The minimum absolute atomic E-state index is 0.204. The van der Waals surface area contributed by atoms with E-state index in [4.69, 9.17) is 0 Å². The number of hydrogen-bond donors (Lipinski definition) is 0. The second-order valence-corrected chi connectivity index (χ2v) is 3.56. The summed E-state index contributed by atoms with van der Waals surface area (Å²) in [5.41, 5.74) is 0.0400. The molecular formula is C9H7BrF2O2. The highest BCUT2D eigenvalue weighted by atomic mass is 79.9. The first-order valence-corrected chi connectivity index (χ1v) is 4.50. The largest absolute Gasteiger partial charge is 0.465 e. The van der Waals surface area contributed by atoms with E-state index in [1.807, 2.05) is 0 Å². The number of carbonyl (C=O) groups is 1. The van der Waals surface area contributed by atoms with E-state index in [-0.39, 0.29) is 11.1 Å². The van der Waals surface area contributed by atoms with E-state index in [2.05, 4.69) is 20.7 Å². The third-order valence-electron chi connectivity index (χ3n) is 1.63. The number of esters is 1. The van der Waals surface area contributed by atoms with Gasteiger partial charge in [0.1, 0.15) is 0 Å². The maximum atomic E-state index is 12.7. The Balaban J connectivity index is 2.95. The number of methoxy groups -OCH3 is 1. The molecule has 14 heavy (non-hydrogen) atoms. The zero-order chi connectivity index (χ0) is 10.8. The van der Waals surface area contributed by atoms with Gasteiger partial charge >= 0.3 is 10.8 Å². The molecule has 0 saturated carbocycles. The standard InChI is InChI=1S/C9H7BrF2O2/c1-14-8(13)6-2-4-7(5-3-6)9(10,11)12/h2-5H,1H3. The lowest BCUT2D eigenvalue weighted by molar-refractivity contribution is 0.0600. The Morgan fingerprint density at radius 1 is 1.36 bits per heavy atom. The van der Waals surface area contributed by atoms with Crippen molar-refractivity contribution in [3.63, 3.8) is 0 Å². The summed E-state index contributed by atoms with van der Waals surface area (Å²) in [4.78, 5) is 7.89. The molecule has 1 aromatic rings. The molecule has 0 amide bonds. The van der Waals surface area contributed by atoms with Gasteiger partial charge in [0, 0.05) is 5.56 Å². The summed E-state index contributed by atoms with van der Waals surface area (Å²) in [6.45, 7) is 0. The molecule has 0 N–H and O–H groups in total. The predicted molar refractivity (Wildman–Crippen MR) is 50.6 cm³/mol. The lowest BCUT2D eigenvalue weighted by Gasteiger charge is -2.08. The Morgan fingerprint density at radius 3 is 2.21 bits per heavy atom. The van der Waals surface area contributed by atoms with Gasteiger partial charge in [-0.3, -0.25) is 0 Å². The van der Waals surface area contributed by atoms with Crippen LogP contribution in [0.3, 0.4) is 0 Å². The highest BCUT2D eigenvalue weighted by Gasteiger charge is 2.26. The van der Waals surface area contributed by atoms with Crippen LogP contribution in [0.1, 0.15) is 15.9 Å². The molecule has 0 aliphatic carbocycles. The Morgan fingerprint density at radius 2 is 1.86 bits per heavy atom. The number of ether oxygens (including phenoxy) is 1. The fraction of sp³-hybridized carbons (Fsp3) is 0.222. The molecule has 0 aliphatic rings. The van der Waals surface area contributed by atoms with Crippen molar-refractivity contribution in [2.45, 2.75) is 4.83 Å². The van der Waals surface area contributed by atoms with Gasteiger partial charge in [0.25, 0.3) is 0 Å². The van der Waals surface area contributed by atoms with Gasteiger partial charge in [0.05, 0.1) is 12.7 Å². The van der Waals surface area contributed by atoms with Gasteiger partial charge in [0.15, 0.2) is 0 Å². The van der Waals surface area contributed by atoms with E-state index in [9.17, 15) is 13.6 Å². The number of carbonyl (C=O) groups excluding carboxylic acids is 1. The van der Waals surface area contributed by atoms with Crippen molar-refractivity contribution < 1.29 is 18.3 Å². The molecule has 1 aromatic carbocycles. The molecule has 0 atom stereocenters.